The van der Waals surface area contributed by atoms with Crippen molar-refractivity contribution in [2.24, 2.45) is 0 Å². The lowest BCUT2D eigenvalue weighted by molar-refractivity contribution is 0.0724. The van der Waals surface area contributed by atoms with Crippen LogP contribution < -0.4 is 10.6 Å². The van der Waals surface area contributed by atoms with Crippen LogP contribution in [0.5, 0.6) is 0 Å². The minimum absolute atomic E-state index is 0.0821. The Morgan fingerprint density at radius 3 is 2.64 bits per heavy atom. The molecule has 3 heterocycles. The van der Waals surface area contributed by atoms with Gasteiger partial charge >= 0.3 is 6.03 Å². The third kappa shape index (κ3) is 6.10. The summed E-state index contributed by atoms with van der Waals surface area (Å²) < 4.78 is 0. The van der Waals surface area contributed by atoms with Gasteiger partial charge in [-0.25, -0.2) is 14.8 Å². The van der Waals surface area contributed by atoms with Crippen molar-refractivity contribution in [2.75, 3.05) is 30.3 Å². The number of rotatable bonds is 7. The Labute approximate surface area is 191 Å². The van der Waals surface area contributed by atoms with Gasteiger partial charge in [-0.3, -0.25) is 26.2 Å². The average Bonchev–Trinajstić information content (AvgIpc) is 2.84. The van der Waals surface area contributed by atoms with E-state index in [4.69, 9.17) is 10.8 Å². The average molecular weight is 453 g/mol. The summed E-state index contributed by atoms with van der Waals surface area (Å²) in [5.74, 6) is 0.255. The minimum Gasteiger partial charge on any atom is -0.394 e. The Bertz CT molecular complexity index is 1020. The van der Waals surface area contributed by atoms with Crippen LogP contribution in [0, 0.1) is 10.8 Å². The van der Waals surface area contributed by atoms with Crippen LogP contribution in [0.15, 0.2) is 36.5 Å². The maximum absolute atomic E-state index is 12.7. The molecule has 0 radical (unpaired) electrons. The third-order valence-electron chi connectivity index (χ3n) is 5.26. The monoisotopic (exact) mass is 452 g/mol. The first-order chi connectivity index (χ1) is 15.9. The van der Waals surface area contributed by atoms with Gasteiger partial charge in [-0.1, -0.05) is 6.07 Å². The second kappa shape index (κ2) is 11.1. The predicted molar refractivity (Wildman–Crippen MR) is 125 cm³/mol. The maximum Gasteiger partial charge on any atom is 0.326 e. The van der Waals surface area contributed by atoms with E-state index >= 15 is 0 Å². The Morgan fingerprint density at radius 2 is 1.94 bits per heavy atom. The van der Waals surface area contributed by atoms with Gasteiger partial charge in [-0.05, 0) is 50.5 Å². The summed E-state index contributed by atoms with van der Waals surface area (Å²) in [6.45, 7) is 2.90. The zero-order valence-corrected chi connectivity index (χ0v) is 18.4. The van der Waals surface area contributed by atoms with E-state index < -0.39 is 12.1 Å². The van der Waals surface area contributed by atoms with E-state index in [2.05, 4.69) is 20.6 Å². The highest BCUT2D eigenvalue weighted by Gasteiger charge is 2.20. The van der Waals surface area contributed by atoms with Crippen LogP contribution in [-0.2, 0) is 0 Å². The SMILES string of the molecule is C[C@H](CO)N(C=N)C(=N)c1cccc(NC(=O)Nc2cc(C(=O)N3CCCCC3)ccn2)n1. The lowest BCUT2D eigenvalue weighted by atomic mass is 10.1. The van der Waals surface area contributed by atoms with Crippen LogP contribution in [0.4, 0.5) is 16.4 Å². The molecule has 174 valence electrons. The molecule has 3 rings (SSSR count). The van der Waals surface area contributed by atoms with Crippen LogP contribution in [0.25, 0.3) is 0 Å². The fourth-order valence-electron chi connectivity index (χ4n) is 3.44. The lowest BCUT2D eigenvalue weighted by Gasteiger charge is -2.26. The van der Waals surface area contributed by atoms with Gasteiger partial charge < -0.3 is 14.9 Å². The molecular formula is C22H28N8O3. The molecule has 0 unspecified atom stereocenters. The van der Waals surface area contributed by atoms with Gasteiger partial charge in [0.05, 0.1) is 19.0 Å². The fraction of sp³-hybridized carbons (Fsp3) is 0.364. The quantitative estimate of drug-likeness (QED) is 0.320. The number of aliphatic hydroxyl groups excluding tert-OH is 1. The smallest absolute Gasteiger partial charge is 0.326 e. The van der Waals surface area contributed by atoms with Crippen molar-refractivity contribution in [3.8, 4) is 0 Å². The molecular weight excluding hydrogens is 424 g/mol. The fourth-order valence-corrected chi connectivity index (χ4v) is 3.44. The molecule has 0 aliphatic carbocycles. The molecule has 1 atom stereocenters. The number of urea groups is 1. The largest absolute Gasteiger partial charge is 0.394 e. The zero-order valence-electron chi connectivity index (χ0n) is 18.4. The Balaban J connectivity index is 1.65. The molecule has 1 fully saturated rings. The van der Waals surface area contributed by atoms with E-state index in [1.807, 2.05) is 4.90 Å². The van der Waals surface area contributed by atoms with Crippen molar-refractivity contribution in [3.63, 3.8) is 0 Å². The number of likely N-dealkylation sites (tertiary alicyclic amines) is 1. The number of anilines is 2. The molecule has 5 N–H and O–H groups in total. The second-order valence-electron chi connectivity index (χ2n) is 7.69. The number of nitrogens with zero attached hydrogens (tertiary/aromatic N) is 4. The molecule has 2 aromatic rings. The van der Waals surface area contributed by atoms with Crippen molar-refractivity contribution in [3.05, 3.63) is 47.8 Å². The first-order valence-corrected chi connectivity index (χ1v) is 10.7. The van der Waals surface area contributed by atoms with Crippen LogP contribution in [0.3, 0.4) is 0 Å². The van der Waals surface area contributed by atoms with E-state index in [9.17, 15) is 14.7 Å². The summed E-state index contributed by atoms with van der Waals surface area (Å²) in [7, 11) is 0. The van der Waals surface area contributed by atoms with Crippen molar-refractivity contribution >= 4 is 35.7 Å². The molecule has 3 amide bonds. The Morgan fingerprint density at radius 1 is 1.21 bits per heavy atom. The summed E-state index contributed by atoms with van der Waals surface area (Å²) >= 11 is 0. The molecule has 1 aliphatic rings. The van der Waals surface area contributed by atoms with E-state index in [-0.39, 0.29) is 35.7 Å². The summed E-state index contributed by atoms with van der Waals surface area (Å²) in [6.07, 6.45) is 5.53. The number of carbonyl (C=O) groups is 2. The maximum atomic E-state index is 12.7. The molecule has 0 bridgehead atoms. The minimum atomic E-state index is -0.603. The molecule has 0 saturated carbocycles. The van der Waals surface area contributed by atoms with E-state index in [1.54, 1.807) is 31.2 Å². The zero-order chi connectivity index (χ0) is 23.8. The number of hydrogen-bond acceptors (Lipinski definition) is 7. The van der Waals surface area contributed by atoms with Gasteiger partial charge in [-0.2, -0.15) is 0 Å². The second-order valence-corrected chi connectivity index (χ2v) is 7.69. The molecule has 2 aromatic heterocycles. The van der Waals surface area contributed by atoms with Crippen molar-refractivity contribution in [1.29, 1.82) is 10.8 Å². The van der Waals surface area contributed by atoms with Crippen molar-refractivity contribution in [2.45, 2.75) is 32.2 Å². The third-order valence-corrected chi connectivity index (χ3v) is 5.26. The van der Waals surface area contributed by atoms with Gasteiger partial charge in [0.1, 0.15) is 17.3 Å². The Hall–Kier alpha value is -3.86. The first-order valence-electron chi connectivity index (χ1n) is 10.7. The number of piperidine rings is 1. The van der Waals surface area contributed by atoms with Crippen LogP contribution in [-0.4, -0.2) is 74.7 Å². The summed E-state index contributed by atoms with van der Waals surface area (Å²) in [5, 5.41) is 30.2. The van der Waals surface area contributed by atoms with Crippen LogP contribution in [0.2, 0.25) is 0 Å². The molecule has 11 nitrogen and oxygen atoms in total. The lowest BCUT2D eigenvalue weighted by Crippen LogP contribution is -2.39. The van der Waals surface area contributed by atoms with Gasteiger partial charge in [0.15, 0.2) is 5.84 Å². The molecule has 11 heteroatoms. The standard InChI is InChI=1S/C22H28N8O3/c1-15(13-31)30(14-23)20(24)17-6-5-7-18(26-17)27-22(33)28-19-12-16(8-9-25-19)21(32)29-10-3-2-4-11-29/h5-9,12,14-15,23-24,31H,2-4,10-11,13H2,1H3,(H2,25,26,27,28,33)/t15-/m1/s1. The normalized spacial score (nSPS) is 14.2. The highest BCUT2D eigenvalue weighted by molar-refractivity contribution is 6.03. The van der Waals surface area contributed by atoms with Crippen LogP contribution >= 0.6 is 0 Å². The van der Waals surface area contributed by atoms with Crippen molar-refractivity contribution in [1.82, 2.24) is 19.8 Å². The molecule has 1 aliphatic heterocycles. The molecule has 0 spiro atoms. The number of carbonyl (C=O) groups excluding carboxylic acids is 2. The number of nitrogens with one attached hydrogen (secondary N) is 4. The summed E-state index contributed by atoms with van der Waals surface area (Å²) in [6, 6.07) is 6.84. The predicted octanol–water partition coefficient (Wildman–Crippen LogP) is 2.36. The highest BCUT2D eigenvalue weighted by atomic mass is 16.3. The first kappa shape index (κ1) is 23.8. The van der Waals surface area contributed by atoms with E-state index in [1.165, 1.54) is 17.2 Å². The van der Waals surface area contributed by atoms with Gasteiger partial charge in [0, 0.05) is 24.8 Å². The van der Waals surface area contributed by atoms with Crippen LogP contribution in [0.1, 0.15) is 42.2 Å². The van der Waals surface area contributed by atoms with E-state index in [0.717, 1.165) is 38.7 Å². The van der Waals surface area contributed by atoms with Gasteiger partial charge in [-0.15, -0.1) is 0 Å². The number of aromatic nitrogens is 2. The van der Waals surface area contributed by atoms with Gasteiger partial charge in [0.2, 0.25) is 0 Å². The number of amides is 3. The number of aliphatic hydroxyl groups is 1. The topological polar surface area (TPSA) is 158 Å². The highest BCUT2D eigenvalue weighted by Crippen LogP contribution is 2.15. The van der Waals surface area contributed by atoms with Crippen molar-refractivity contribution < 1.29 is 14.7 Å². The Kier molecular flexibility index (Phi) is 8.03. The molecule has 0 aromatic carbocycles. The molecule has 33 heavy (non-hydrogen) atoms. The number of pyridine rings is 2. The number of amidine groups is 1. The summed E-state index contributed by atoms with van der Waals surface area (Å²) in [4.78, 5) is 36.6. The summed E-state index contributed by atoms with van der Waals surface area (Å²) in [5.41, 5.74) is 0.685. The van der Waals surface area contributed by atoms with Gasteiger partial charge in [0.25, 0.3) is 5.91 Å². The number of hydrogen-bond donors (Lipinski definition) is 5. The molecule has 1 saturated heterocycles. The van der Waals surface area contributed by atoms with E-state index in [0.29, 0.717) is 5.56 Å².